The smallest absolute Gasteiger partial charge is 0.466 e. The highest BCUT2D eigenvalue weighted by molar-refractivity contribution is 7.45. The van der Waals surface area contributed by atoms with Crippen molar-refractivity contribution in [2.75, 3.05) is 0 Å². The van der Waals surface area contributed by atoms with E-state index in [2.05, 4.69) is 0 Å². The van der Waals surface area contributed by atoms with Gasteiger partial charge >= 0.3 is 55.6 Å². The van der Waals surface area contributed by atoms with Crippen molar-refractivity contribution in [1.29, 1.82) is 0 Å². The molecule has 27 nitrogen and oxygen atoms in total. The molecule has 0 aliphatic heterocycles. The van der Waals surface area contributed by atoms with E-state index < -0.39 is 111 Å². The van der Waals surface area contributed by atoms with E-state index >= 15 is 0 Å². The van der Waals surface area contributed by atoms with Gasteiger partial charge in [-0.25, -0.2) is 28.5 Å². The number of phosphoric acid groups is 1. The molecule has 0 aromatic heterocycles. The van der Waals surface area contributed by atoms with Gasteiger partial charge in [-0.1, -0.05) is 0 Å². The van der Waals surface area contributed by atoms with E-state index in [1.54, 1.807) is 0 Å². The third-order valence-corrected chi connectivity index (χ3v) is 3.10. The van der Waals surface area contributed by atoms with Crippen LogP contribution in [0.15, 0.2) is 0 Å². The summed E-state index contributed by atoms with van der Waals surface area (Å²) in [5.74, 6) is -13.4. The Labute approximate surface area is 259 Å². The van der Waals surface area contributed by atoms with Gasteiger partial charge in [0.25, 0.3) is 5.97 Å². The Hall–Kier alpha value is -4.86. The Balaban J connectivity index is -0.000000112. The maximum atomic E-state index is 10.3. The normalized spacial score (nSPS) is 12.3. The lowest BCUT2D eigenvalue weighted by atomic mass is 9.96. The van der Waals surface area contributed by atoms with Gasteiger partial charge in [-0.05, 0) is 6.92 Å². The number of carbonyl (C=O) groups is 9. The van der Waals surface area contributed by atoms with Gasteiger partial charge in [0.2, 0.25) is 0 Å². The Morgan fingerprint density at radius 2 is 0.809 bits per heavy atom. The van der Waals surface area contributed by atoms with Gasteiger partial charge < -0.3 is 86.2 Å². The predicted molar refractivity (Wildman–Crippen MR) is 137 cm³/mol. The maximum absolute atomic E-state index is 10.3. The van der Waals surface area contributed by atoms with Crippen molar-refractivity contribution in [3.8, 4) is 0 Å². The summed E-state index contributed by atoms with van der Waals surface area (Å²) in [6.45, 7) is 2.28. The number of carboxylic acid groups (broad SMARTS) is 9. The van der Waals surface area contributed by atoms with Crippen LogP contribution < -0.4 is 0 Å². The van der Waals surface area contributed by atoms with Crippen LogP contribution in [-0.4, -0.2) is 170 Å². The van der Waals surface area contributed by atoms with E-state index in [0.717, 1.165) is 6.92 Å². The highest BCUT2D eigenvalue weighted by Crippen LogP contribution is 2.25. The van der Waals surface area contributed by atoms with Gasteiger partial charge in [0, 0.05) is 6.92 Å². The molecule has 28 heteroatoms. The first-order valence-corrected chi connectivity index (χ1v) is 12.4. The number of aliphatic carboxylic acids is 9. The zero-order valence-electron chi connectivity index (χ0n) is 23.6. The number of hydrogen-bond acceptors (Lipinski definition) is 15. The topological polar surface area (TPSA) is 515 Å². The third-order valence-electron chi connectivity index (χ3n) is 3.10. The summed E-state index contributed by atoms with van der Waals surface area (Å²) in [4.78, 5) is 109. The van der Waals surface area contributed by atoms with Crippen LogP contribution in [-0.2, 0) is 47.7 Å². The molecule has 0 amide bonds. The van der Waals surface area contributed by atoms with E-state index in [1.807, 2.05) is 0 Å². The molecule has 276 valence electrons. The molecular weight excluding hydrogens is 691 g/mol. The molecule has 0 saturated heterocycles. The Bertz CT molecular complexity index is 1040. The lowest BCUT2D eigenvalue weighted by Gasteiger charge is -2.18. The molecule has 0 radical (unpaired) electrons. The van der Waals surface area contributed by atoms with Crippen molar-refractivity contribution in [2.45, 2.75) is 63.1 Å². The van der Waals surface area contributed by atoms with Crippen molar-refractivity contribution in [1.82, 2.24) is 0 Å². The minimum atomic E-state index is -4.64. The average molecular weight is 724 g/mol. The molecule has 0 fully saturated rings. The van der Waals surface area contributed by atoms with Gasteiger partial charge in [-0.15, -0.1) is 0 Å². The number of rotatable bonds is 12. The summed E-state index contributed by atoms with van der Waals surface area (Å²) in [6, 6.07) is 0. The Kier molecular flexibility index (Phi) is 31.9. The fraction of sp³-hybridized carbons (Fsp3) is 0.526. The second-order valence-corrected chi connectivity index (χ2v) is 8.57. The largest absolute Gasteiger partial charge is 0.481 e. The molecule has 0 saturated carbocycles. The van der Waals surface area contributed by atoms with Crippen molar-refractivity contribution in [2.24, 2.45) is 0 Å². The van der Waals surface area contributed by atoms with Gasteiger partial charge in [0.1, 0.15) is 6.10 Å². The van der Waals surface area contributed by atoms with Crippen LogP contribution in [0, 0.1) is 0 Å². The van der Waals surface area contributed by atoms with E-state index in [0.29, 0.717) is 0 Å². The molecule has 0 spiro atoms. The number of carboxylic acids is 9. The van der Waals surface area contributed by atoms with Gasteiger partial charge in [-0.2, -0.15) is 0 Å². The first-order valence-electron chi connectivity index (χ1n) is 10.9. The van der Waals surface area contributed by atoms with Crippen LogP contribution in [0.1, 0.15) is 33.1 Å². The fourth-order valence-corrected chi connectivity index (χ4v) is 1.24. The van der Waals surface area contributed by atoms with Crippen LogP contribution in [0.5, 0.6) is 0 Å². The maximum Gasteiger partial charge on any atom is 0.466 e. The lowest BCUT2D eigenvalue weighted by Crippen LogP contribution is -2.42. The average Bonchev–Trinajstić information content (AvgIpc) is 2.81. The first-order chi connectivity index (χ1) is 20.7. The van der Waals surface area contributed by atoms with Crippen molar-refractivity contribution >= 4 is 61.5 Å². The van der Waals surface area contributed by atoms with E-state index in [9.17, 15) is 38.4 Å². The molecule has 0 aromatic rings. The van der Waals surface area contributed by atoms with Crippen LogP contribution in [0.2, 0.25) is 0 Å². The quantitative estimate of drug-likeness (QED) is 0.0833. The highest BCUT2D eigenvalue weighted by atomic mass is 31.2. The van der Waals surface area contributed by atoms with Gasteiger partial charge in [0.15, 0.2) is 23.9 Å². The monoisotopic (exact) mass is 724 g/mol. The zero-order chi connectivity index (χ0) is 39.6. The minimum absolute atomic E-state index is 0.755. The van der Waals surface area contributed by atoms with Gasteiger partial charge in [-0.3, -0.25) is 19.2 Å². The summed E-state index contributed by atoms with van der Waals surface area (Å²) < 4.78 is 8.88. The molecule has 0 aliphatic carbocycles. The molecule has 47 heavy (non-hydrogen) atoms. The second kappa shape index (κ2) is 27.5. The molecule has 0 bridgehead atoms. The van der Waals surface area contributed by atoms with E-state index in [4.69, 9.17) is 95.5 Å². The lowest BCUT2D eigenvalue weighted by molar-refractivity contribution is -0.170. The number of hydrogen-bond donors (Lipinski definition) is 17. The van der Waals surface area contributed by atoms with E-state index in [1.165, 1.54) is 6.92 Å². The Morgan fingerprint density at radius 1 is 0.574 bits per heavy atom. The highest BCUT2D eigenvalue weighted by Gasteiger charge is 2.40. The summed E-state index contributed by atoms with van der Waals surface area (Å²) in [6.07, 6.45) is -10.6. The van der Waals surface area contributed by atoms with Crippen molar-refractivity contribution < 1.29 is 134 Å². The van der Waals surface area contributed by atoms with Gasteiger partial charge in [0.05, 0.1) is 19.3 Å². The zero-order valence-corrected chi connectivity index (χ0v) is 24.5. The summed E-state index contributed by atoms with van der Waals surface area (Å²) in [7, 11) is -4.64. The van der Waals surface area contributed by atoms with Crippen molar-refractivity contribution in [3.63, 3.8) is 0 Å². The summed E-state index contributed by atoms with van der Waals surface area (Å²) >= 11 is 0. The summed E-state index contributed by atoms with van der Waals surface area (Å²) in [5.41, 5.74) is -2.74. The molecule has 4 unspecified atom stereocenters. The molecule has 4 atom stereocenters. The fourth-order valence-electron chi connectivity index (χ4n) is 1.24. The molecule has 0 aliphatic rings. The number of aliphatic hydroxyl groups is 5. The number of aliphatic hydroxyl groups excluding tert-OH is 4. The van der Waals surface area contributed by atoms with Crippen LogP contribution >= 0.6 is 7.82 Å². The predicted octanol–water partition coefficient (Wildman–Crippen LogP) is -5.85. The van der Waals surface area contributed by atoms with Crippen molar-refractivity contribution in [3.05, 3.63) is 0 Å². The first kappa shape index (κ1) is 54.6. The molecule has 0 aromatic carbocycles. The van der Waals surface area contributed by atoms with E-state index in [-0.39, 0.29) is 0 Å². The van der Waals surface area contributed by atoms with Crippen LogP contribution in [0.3, 0.4) is 0 Å². The molecule has 17 N–H and O–H groups in total. The Morgan fingerprint density at radius 3 is 0.894 bits per heavy atom. The summed E-state index contributed by atoms with van der Waals surface area (Å²) in [5, 5.41) is 114. The SMILES string of the molecule is CC(=O)O.CC(O)C(=O)O.O=C(O)C(O)C(O)C(=O)O.O=C(O)CC(O)(CC(=O)O)C(=O)O.O=C(O)CC(O)C(=O)O.O=P(O)(O)O. The second-order valence-electron chi connectivity index (χ2n) is 7.54. The van der Waals surface area contributed by atoms with Crippen LogP contribution in [0.25, 0.3) is 0 Å². The van der Waals surface area contributed by atoms with Crippen LogP contribution in [0.4, 0.5) is 0 Å². The minimum Gasteiger partial charge on any atom is -0.481 e. The molecule has 0 heterocycles. The standard InChI is InChI=1S/C6H8O7.C4H6O6.C4H6O5.C3H6O3.C2H4O2.H3O4P/c7-3(8)1-6(13,5(11)12)2-4(9)10;5-1(3(7)8)2(6)4(9)10;5-2(4(8)9)1-3(6)7;1-2(4)3(5)6;1-2(3)4;1-5(2,3)4/h13H,1-2H2,(H,7,8)(H,9,10)(H,11,12);1-2,5-6H,(H,7,8)(H,9,10);2,5H,1H2,(H,6,7)(H,8,9);2,4H,1H3,(H,5,6);1H3,(H,3,4);(H3,1,2,3,4). The molecular formula is C19H33O27P. The third kappa shape index (κ3) is 51.0. The molecule has 0 rings (SSSR count).